The zero-order chi connectivity index (χ0) is 18.8. The highest BCUT2D eigenvalue weighted by molar-refractivity contribution is 6.33. The van der Waals surface area contributed by atoms with Gasteiger partial charge in [0.15, 0.2) is 0 Å². The number of hydrogen-bond acceptors (Lipinski definition) is 4. The van der Waals surface area contributed by atoms with Gasteiger partial charge in [0.25, 0.3) is 0 Å². The molecule has 1 aliphatic rings. The van der Waals surface area contributed by atoms with E-state index in [0.717, 1.165) is 6.08 Å². The Hall–Kier alpha value is -1.89. The third-order valence-electron chi connectivity index (χ3n) is 3.45. The lowest BCUT2D eigenvalue weighted by molar-refractivity contribution is -0.187. The summed E-state index contributed by atoms with van der Waals surface area (Å²) in [5.74, 6) is -0.731. The molecule has 0 amide bonds. The fourth-order valence-corrected chi connectivity index (χ4v) is 2.53. The smallest absolute Gasteiger partial charge is 0.430 e. The van der Waals surface area contributed by atoms with Crippen LogP contribution in [0.2, 0.25) is 5.02 Å². The van der Waals surface area contributed by atoms with Crippen LogP contribution in [0.4, 0.5) is 18.9 Å². The first kappa shape index (κ1) is 19.4. The average molecular weight is 378 g/mol. The fraction of sp³-hybridized carbons (Fsp3) is 0.471. The topological polar surface area (TPSA) is 47.6 Å². The molecule has 1 N–H and O–H groups in total. The first-order valence-corrected chi connectivity index (χ1v) is 8.20. The number of esters is 1. The predicted octanol–water partition coefficient (Wildman–Crippen LogP) is 4.68. The van der Waals surface area contributed by atoms with Gasteiger partial charge in [-0.1, -0.05) is 25.4 Å². The van der Waals surface area contributed by atoms with Gasteiger partial charge in [0, 0.05) is 18.2 Å². The van der Waals surface area contributed by atoms with Crippen molar-refractivity contribution in [1.82, 2.24) is 0 Å². The summed E-state index contributed by atoms with van der Waals surface area (Å²) >= 11 is 6.17. The molecular formula is C17H19ClF3NO3. The van der Waals surface area contributed by atoms with E-state index in [-0.39, 0.29) is 12.4 Å². The van der Waals surface area contributed by atoms with Crippen LogP contribution in [0.3, 0.4) is 0 Å². The van der Waals surface area contributed by atoms with Crippen LogP contribution in [0.5, 0.6) is 5.75 Å². The van der Waals surface area contributed by atoms with Gasteiger partial charge in [-0.3, -0.25) is 0 Å². The maximum Gasteiger partial charge on any atom is 0.430 e. The lowest BCUT2D eigenvalue weighted by Gasteiger charge is -2.28. The summed E-state index contributed by atoms with van der Waals surface area (Å²) in [6, 6.07) is 2.88. The van der Waals surface area contributed by atoms with Crippen molar-refractivity contribution in [3.63, 3.8) is 0 Å². The van der Waals surface area contributed by atoms with Crippen molar-refractivity contribution >= 4 is 29.3 Å². The van der Waals surface area contributed by atoms with Crippen molar-refractivity contribution < 1.29 is 27.4 Å². The number of halogens is 4. The van der Waals surface area contributed by atoms with E-state index in [1.165, 1.54) is 19.1 Å². The number of anilines is 1. The summed E-state index contributed by atoms with van der Waals surface area (Å²) in [7, 11) is 0. The maximum absolute atomic E-state index is 13.3. The number of carbonyl (C=O) groups excluding carboxylic acids is 1. The largest absolute Gasteiger partial charge is 0.475 e. The van der Waals surface area contributed by atoms with E-state index in [9.17, 15) is 18.0 Å². The molecule has 1 heterocycles. The lowest BCUT2D eigenvalue weighted by atomic mass is 10.0. The van der Waals surface area contributed by atoms with Gasteiger partial charge in [0.2, 0.25) is 6.10 Å². The van der Waals surface area contributed by atoms with Gasteiger partial charge in [0.1, 0.15) is 5.75 Å². The summed E-state index contributed by atoms with van der Waals surface area (Å²) in [6.45, 7) is 6.06. The van der Waals surface area contributed by atoms with Crippen LogP contribution in [0.25, 0.3) is 6.08 Å². The van der Waals surface area contributed by atoms with E-state index in [1.54, 1.807) is 0 Å². The average Bonchev–Trinajstić information content (AvgIpc) is 2.50. The molecule has 1 unspecified atom stereocenters. The quantitative estimate of drug-likeness (QED) is 0.757. The number of nitrogens with one attached hydrogen (secondary N) is 1. The normalized spacial score (nSPS) is 16.8. The van der Waals surface area contributed by atoms with Crippen molar-refractivity contribution in [2.45, 2.75) is 33.1 Å². The van der Waals surface area contributed by atoms with Crippen molar-refractivity contribution in [3.05, 3.63) is 28.3 Å². The molecule has 0 aliphatic carbocycles. The number of ether oxygens (including phenoxy) is 2. The highest BCUT2D eigenvalue weighted by atomic mass is 35.5. The van der Waals surface area contributed by atoms with E-state index < -0.39 is 23.8 Å². The van der Waals surface area contributed by atoms with Gasteiger partial charge in [-0.2, -0.15) is 13.2 Å². The van der Waals surface area contributed by atoms with Crippen LogP contribution >= 0.6 is 11.6 Å². The molecule has 0 aromatic heterocycles. The van der Waals surface area contributed by atoms with Crippen molar-refractivity contribution in [2.24, 2.45) is 5.92 Å². The third kappa shape index (κ3) is 4.60. The van der Waals surface area contributed by atoms with Crippen molar-refractivity contribution in [3.8, 4) is 5.75 Å². The molecule has 1 aromatic carbocycles. The Morgan fingerprint density at radius 2 is 2.08 bits per heavy atom. The molecule has 25 heavy (non-hydrogen) atoms. The van der Waals surface area contributed by atoms with Gasteiger partial charge in [-0.25, -0.2) is 4.79 Å². The standard InChI is InChI=1S/C17H19ClF3NO3/c1-4-24-16(23)11-5-10-6-12(18)13(22-8-9(2)3)7-14(10)25-15(11)17(19,20)21/h5-7,9,15,22H,4,8H2,1-3H3. The van der Waals surface area contributed by atoms with Crippen LogP contribution < -0.4 is 10.1 Å². The second-order valence-corrected chi connectivity index (χ2v) is 6.41. The van der Waals surface area contributed by atoms with E-state index in [4.69, 9.17) is 21.1 Å². The first-order valence-electron chi connectivity index (χ1n) is 7.83. The lowest BCUT2D eigenvalue weighted by Crippen LogP contribution is -2.40. The Kier molecular flexibility index (Phi) is 5.87. The third-order valence-corrected chi connectivity index (χ3v) is 3.76. The van der Waals surface area contributed by atoms with E-state index >= 15 is 0 Å². The molecule has 0 radical (unpaired) electrons. The number of alkyl halides is 3. The first-order chi connectivity index (χ1) is 11.6. The number of fused-ring (bicyclic) bond motifs is 1. The summed E-state index contributed by atoms with van der Waals surface area (Å²) in [6.07, 6.45) is -6.01. The molecular weight excluding hydrogens is 359 g/mol. The summed E-state index contributed by atoms with van der Waals surface area (Å²) in [5.41, 5.74) is 0.174. The molecule has 1 aliphatic heterocycles. The minimum Gasteiger partial charge on any atom is -0.475 e. The number of hydrogen-bond donors (Lipinski definition) is 1. The maximum atomic E-state index is 13.3. The Morgan fingerprint density at radius 1 is 1.40 bits per heavy atom. The van der Waals surface area contributed by atoms with Crippen molar-refractivity contribution in [1.29, 1.82) is 0 Å². The molecule has 0 saturated carbocycles. The van der Waals surface area contributed by atoms with Crippen molar-refractivity contribution in [2.75, 3.05) is 18.5 Å². The van der Waals surface area contributed by atoms with Crippen LogP contribution in [-0.4, -0.2) is 31.4 Å². The second-order valence-electron chi connectivity index (χ2n) is 6.00. The van der Waals surface area contributed by atoms with Crippen LogP contribution in [0.15, 0.2) is 17.7 Å². The van der Waals surface area contributed by atoms with Crippen LogP contribution in [0, 0.1) is 5.92 Å². The summed E-state index contributed by atoms with van der Waals surface area (Å²) in [5, 5.41) is 3.39. The minimum absolute atomic E-state index is 0.00558. The van der Waals surface area contributed by atoms with E-state index in [1.807, 2.05) is 13.8 Å². The molecule has 0 fully saturated rings. The van der Waals surface area contributed by atoms with Gasteiger partial charge >= 0.3 is 12.1 Å². The van der Waals surface area contributed by atoms with Gasteiger partial charge in [0.05, 0.1) is 22.9 Å². The molecule has 0 spiro atoms. The number of rotatable bonds is 5. The van der Waals surface area contributed by atoms with E-state index in [2.05, 4.69) is 5.32 Å². The van der Waals surface area contributed by atoms with Gasteiger partial charge in [-0.15, -0.1) is 0 Å². The Bertz CT molecular complexity index is 686. The molecule has 0 bridgehead atoms. The molecule has 0 saturated heterocycles. The molecule has 8 heteroatoms. The van der Waals surface area contributed by atoms with Gasteiger partial charge in [-0.05, 0) is 25.0 Å². The Labute approximate surface area is 148 Å². The molecule has 138 valence electrons. The summed E-state index contributed by atoms with van der Waals surface area (Å²) in [4.78, 5) is 11.9. The highest BCUT2D eigenvalue weighted by Gasteiger charge is 2.48. The molecule has 1 atom stereocenters. The zero-order valence-electron chi connectivity index (χ0n) is 14.0. The van der Waals surface area contributed by atoms with E-state index in [0.29, 0.717) is 28.7 Å². The second kappa shape index (κ2) is 7.56. The Balaban J connectivity index is 2.43. The van der Waals surface area contributed by atoms with Gasteiger partial charge < -0.3 is 14.8 Å². The molecule has 2 rings (SSSR count). The fourth-order valence-electron chi connectivity index (χ4n) is 2.29. The highest BCUT2D eigenvalue weighted by Crippen LogP contribution is 2.41. The molecule has 4 nitrogen and oxygen atoms in total. The van der Waals surface area contributed by atoms with Crippen LogP contribution in [-0.2, 0) is 9.53 Å². The Morgan fingerprint density at radius 3 is 2.64 bits per heavy atom. The monoisotopic (exact) mass is 377 g/mol. The zero-order valence-corrected chi connectivity index (χ0v) is 14.8. The molecule has 1 aromatic rings. The summed E-state index contributed by atoms with van der Waals surface area (Å²) < 4.78 is 49.7. The number of carbonyl (C=O) groups is 1. The minimum atomic E-state index is -4.75. The van der Waals surface area contributed by atoms with Crippen LogP contribution in [0.1, 0.15) is 26.3 Å². The number of benzene rings is 1. The predicted molar refractivity (Wildman–Crippen MR) is 89.9 cm³/mol. The SMILES string of the molecule is CCOC(=O)C1=Cc2cc(Cl)c(NCC(C)C)cc2OC1C(F)(F)F.